The van der Waals surface area contributed by atoms with Gasteiger partial charge in [0.1, 0.15) is 35.6 Å². The van der Waals surface area contributed by atoms with Crippen LogP contribution in [0.5, 0.6) is 0 Å². The zero-order valence-electron chi connectivity index (χ0n) is 30.6. The van der Waals surface area contributed by atoms with Gasteiger partial charge in [0.15, 0.2) is 46.4 Å². The summed E-state index contributed by atoms with van der Waals surface area (Å²) in [5.41, 5.74) is -2.15. The molecule has 2 aliphatic heterocycles. The molecule has 3 aliphatic carbocycles. The first-order valence-electron chi connectivity index (χ1n) is 19.0. The quantitative estimate of drug-likeness (QED) is 0.119. The third-order valence-electron chi connectivity index (χ3n) is 12.4. The molecule has 4 aromatic heterocycles. The highest BCUT2D eigenvalue weighted by atomic mass is 35.5. The molecule has 2 saturated heterocycles. The van der Waals surface area contributed by atoms with E-state index in [9.17, 15) is 30.6 Å². The molecule has 6 heterocycles. The summed E-state index contributed by atoms with van der Waals surface area (Å²) < 4.78 is 14.5. The summed E-state index contributed by atoms with van der Waals surface area (Å²) in [6, 6.07) is 0.623. The minimum atomic E-state index is -1.59. The highest BCUT2D eigenvalue weighted by Crippen LogP contribution is 2.75. The first kappa shape index (κ1) is 38.8. The topological polar surface area (TPSA) is 251 Å². The number of rotatable bonds is 8. The van der Waals surface area contributed by atoms with Crippen LogP contribution in [0, 0.1) is 5.41 Å². The van der Waals surface area contributed by atoms with Gasteiger partial charge in [0.05, 0.1) is 25.9 Å². The van der Waals surface area contributed by atoms with Crippen LogP contribution in [0.2, 0.25) is 10.6 Å². The van der Waals surface area contributed by atoms with E-state index in [1.54, 1.807) is 18.4 Å². The second kappa shape index (κ2) is 14.7. The Morgan fingerprint density at radius 1 is 0.709 bits per heavy atom. The van der Waals surface area contributed by atoms with Crippen molar-refractivity contribution in [1.82, 2.24) is 39.0 Å². The van der Waals surface area contributed by atoms with Crippen molar-refractivity contribution in [3.05, 3.63) is 23.2 Å². The van der Waals surface area contributed by atoms with Crippen molar-refractivity contribution in [2.75, 3.05) is 23.8 Å². The first-order valence-corrected chi connectivity index (χ1v) is 19.8. The fraction of sp³-hybridized carbons (Fsp3) is 0.714. The summed E-state index contributed by atoms with van der Waals surface area (Å²) >= 11 is 12.3. The number of halogens is 2. The van der Waals surface area contributed by atoms with E-state index in [1.165, 1.54) is 55.7 Å². The number of imidazole rings is 2. The second-order valence-corrected chi connectivity index (χ2v) is 16.5. The Bertz CT molecular complexity index is 2030. The maximum atomic E-state index is 11.3. The summed E-state index contributed by atoms with van der Waals surface area (Å²) in [6.45, 7) is 2.70. The number of hydrogen-bond acceptors (Lipinski definition) is 16. The zero-order valence-corrected chi connectivity index (χ0v) is 32.1. The first-order chi connectivity index (χ1) is 26.3. The number of ether oxygens (including phenoxy) is 2. The van der Waals surface area contributed by atoms with E-state index in [4.69, 9.17) is 32.7 Å². The van der Waals surface area contributed by atoms with Gasteiger partial charge in [-0.1, -0.05) is 52.4 Å². The van der Waals surface area contributed by atoms with Crippen molar-refractivity contribution in [2.45, 2.75) is 138 Å². The third-order valence-corrected chi connectivity index (χ3v) is 12.8. The third kappa shape index (κ3) is 6.24. The Morgan fingerprint density at radius 2 is 1.22 bits per heavy atom. The Labute approximate surface area is 326 Å². The van der Waals surface area contributed by atoms with Crippen molar-refractivity contribution in [3.63, 3.8) is 0 Å². The fourth-order valence-corrected chi connectivity index (χ4v) is 9.49. The number of anilines is 2. The maximum Gasteiger partial charge on any atom is 0.226 e. The summed E-state index contributed by atoms with van der Waals surface area (Å²) in [4.78, 5) is 26.0. The molecule has 8 N–H and O–H groups in total. The van der Waals surface area contributed by atoms with Crippen molar-refractivity contribution >= 4 is 57.2 Å². The standard InChI is InChI=1S/C19H26ClN5O4.C16H22ClN5O4/c1-17(2)18(27)11(8-26)29-15(19(17,18)28)25-9-21-12-13(23-16(20)24-14(12)25)22-10-6-4-3-5-7-10;17-16-20-13(19-8-4-2-1-3-5-8)10-14(21-16)22(7-18-10)15-12(25)11(24)9(6-23)26-15/h9-11,15,26-28H,3-8H2,1-2H3,(H,22,23,24);7-9,11-12,15,23-25H,1-6H2,(H,19,20,21)/t11-,15-,18-,19+;9-,11-,12-,15-/m11/s1. The SMILES string of the molecule is CC1(C)[C@]2(O)[C@@H](CO)O[C@@H](n3cnc4c(NC5CCCCC5)nc(Cl)nc43)[C@]12O.OC[C@H]1O[C@@H](n2cnc3c(NC4CCCCC4)nc(Cl)nc32)[C@H](O)[C@@H]1O. The molecule has 9 rings (SSSR count). The normalized spacial score (nSPS) is 33.4. The fourth-order valence-electron chi connectivity index (χ4n) is 9.17. The Balaban J connectivity index is 0.000000156. The van der Waals surface area contributed by atoms with Gasteiger partial charge in [-0.05, 0) is 48.9 Å². The Hall–Kier alpha value is -3.04. The van der Waals surface area contributed by atoms with Gasteiger partial charge in [-0.2, -0.15) is 19.9 Å². The van der Waals surface area contributed by atoms with Gasteiger partial charge < -0.3 is 50.7 Å². The lowest BCUT2D eigenvalue weighted by Gasteiger charge is -2.27. The van der Waals surface area contributed by atoms with Crippen molar-refractivity contribution in [2.24, 2.45) is 5.41 Å². The summed E-state index contributed by atoms with van der Waals surface area (Å²) in [7, 11) is 0. The van der Waals surface area contributed by atoms with Gasteiger partial charge in [0.2, 0.25) is 10.6 Å². The molecule has 18 nitrogen and oxygen atoms in total. The summed E-state index contributed by atoms with van der Waals surface area (Å²) in [5, 5.41) is 68.5. The van der Waals surface area contributed by atoms with Crippen LogP contribution in [-0.4, -0.2) is 131 Å². The van der Waals surface area contributed by atoms with Gasteiger partial charge >= 0.3 is 0 Å². The van der Waals surface area contributed by atoms with E-state index in [-0.39, 0.29) is 10.6 Å². The van der Waals surface area contributed by atoms with Crippen LogP contribution in [0.25, 0.3) is 22.3 Å². The summed E-state index contributed by atoms with van der Waals surface area (Å²) in [6.07, 6.45) is 8.38. The van der Waals surface area contributed by atoms with Crippen molar-refractivity contribution in [3.8, 4) is 0 Å². The van der Waals surface area contributed by atoms with Crippen LogP contribution < -0.4 is 10.6 Å². The van der Waals surface area contributed by atoms with Crippen LogP contribution in [0.3, 0.4) is 0 Å². The molecule has 55 heavy (non-hydrogen) atoms. The number of nitrogens with one attached hydrogen (secondary N) is 2. The van der Waals surface area contributed by atoms with Crippen molar-refractivity contribution < 1.29 is 40.1 Å². The molecule has 8 atom stereocenters. The molecule has 20 heteroatoms. The number of aromatic nitrogens is 8. The van der Waals surface area contributed by atoms with E-state index >= 15 is 0 Å². The molecule has 0 bridgehead atoms. The maximum absolute atomic E-state index is 11.3. The predicted molar refractivity (Wildman–Crippen MR) is 199 cm³/mol. The molecule has 0 aromatic carbocycles. The van der Waals surface area contributed by atoms with E-state index in [0.717, 1.165) is 25.7 Å². The van der Waals surface area contributed by atoms with Gasteiger partial charge in [-0.3, -0.25) is 9.13 Å². The number of aliphatic hydroxyl groups is 6. The molecule has 300 valence electrons. The molecule has 5 aliphatic rings. The van der Waals surface area contributed by atoms with Crippen molar-refractivity contribution in [1.29, 1.82) is 0 Å². The lowest BCUT2D eigenvalue weighted by Crippen LogP contribution is -2.36. The van der Waals surface area contributed by atoms with Gasteiger partial charge in [0, 0.05) is 17.5 Å². The number of hydrogen-bond donors (Lipinski definition) is 8. The van der Waals surface area contributed by atoms with E-state index in [1.807, 2.05) is 0 Å². The average Bonchev–Trinajstić information content (AvgIpc) is 3.80. The molecular formula is C35H48Cl2N10O8. The van der Waals surface area contributed by atoms with E-state index in [0.29, 0.717) is 46.0 Å². The zero-order chi connectivity index (χ0) is 38.9. The molecule has 3 saturated carbocycles. The molecule has 0 unspecified atom stereocenters. The average molecular weight is 808 g/mol. The Kier molecular flexibility index (Phi) is 10.4. The molecule has 0 spiro atoms. The smallest absolute Gasteiger partial charge is 0.226 e. The molecular weight excluding hydrogens is 759 g/mol. The van der Waals surface area contributed by atoms with E-state index < -0.39 is 66.7 Å². The highest BCUT2D eigenvalue weighted by Gasteiger charge is 2.92. The minimum absolute atomic E-state index is 0.0595. The Morgan fingerprint density at radius 3 is 1.69 bits per heavy atom. The highest BCUT2D eigenvalue weighted by molar-refractivity contribution is 6.29. The van der Waals surface area contributed by atoms with E-state index in [2.05, 4.69) is 40.5 Å². The minimum Gasteiger partial charge on any atom is -0.394 e. The van der Waals surface area contributed by atoms with Crippen LogP contribution in [0.15, 0.2) is 12.7 Å². The predicted octanol–water partition coefficient (Wildman–Crippen LogP) is 2.45. The summed E-state index contributed by atoms with van der Waals surface area (Å²) in [5.74, 6) is 1.11. The van der Waals surface area contributed by atoms with Gasteiger partial charge in [0.25, 0.3) is 0 Å². The van der Waals surface area contributed by atoms with Gasteiger partial charge in [-0.15, -0.1) is 0 Å². The molecule has 0 radical (unpaired) electrons. The second-order valence-electron chi connectivity index (χ2n) is 15.8. The van der Waals surface area contributed by atoms with Crippen LogP contribution >= 0.6 is 23.2 Å². The number of nitrogens with zero attached hydrogens (tertiary/aromatic N) is 8. The van der Waals surface area contributed by atoms with Crippen LogP contribution in [0.1, 0.15) is 90.5 Å². The number of aliphatic hydroxyl groups excluding tert-OH is 4. The lowest BCUT2D eigenvalue weighted by molar-refractivity contribution is -0.123. The molecule has 5 fully saturated rings. The molecule has 0 amide bonds. The molecule has 4 aromatic rings. The van der Waals surface area contributed by atoms with Gasteiger partial charge in [-0.25, -0.2) is 9.97 Å². The van der Waals surface area contributed by atoms with Crippen LogP contribution in [0.4, 0.5) is 11.6 Å². The number of fused-ring (bicyclic) bond motifs is 3. The largest absolute Gasteiger partial charge is 0.394 e. The monoisotopic (exact) mass is 806 g/mol. The van der Waals surface area contributed by atoms with Crippen LogP contribution in [-0.2, 0) is 9.47 Å². The lowest BCUT2D eigenvalue weighted by atomic mass is 9.95.